The molecular formula is C14H20F3N5. The Hall–Kier alpha value is -1.83. The van der Waals surface area contributed by atoms with Crippen molar-refractivity contribution in [2.24, 2.45) is 7.05 Å². The number of alkyl halides is 3. The summed E-state index contributed by atoms with van der Waals surface area (Å²) in [6, 6.07) is 1.05. The Kier molecular flexibility index (Phi) is 4.60. The molecule has 1 atom stereocenters. The van der Waals surface area contributed by atoms with E-state index in [1.54, 1.807) is 0 Å². The Labute approximate surface area is 127 Å². The van der Waals surface area contributed by atoms with E-state index in [4.69, 9.17) is 0 Å². The van der Waals surface area contributed by atoms with E-state index < -0.39 is 11.9 Å². The van der Waals surface area contributed by atoms with Gasteiger partial charge in [0.05, 0.1) is 11.4 Å². The molecule has 0 bridgehead atoms. The van der Waals surface area contributed by atoms with E-state index >= 15 is 0 Å². The van der Waals surface area contributed by atoms with Gasteiger partial charge in [-0.05, 0) is 26.8 Å². The second-order valence-electron chi connectivity index (χ2n) is 5.27. The smallest absolute Gasteiger partial charge is 0.304 e. The highest BCUT2D eigenvalue weighted by molar-refractivity contribution is 5.20. The first kappa shape index (κ1) is 16.5. The van der Waals surface area contributed by atoms with E-state index in [1.807, 2.05) is 31.6 Å². The molecule has 0 radical (unpaired) electrons. The fraction of sp³-hybridized carbons (Fsp3) is 0.571. The van der Waals surface area contributed by atoms with Crippen LogP contribution in [0.2, 0.25) is 0 Å². The summed E-state index contributed by atoms with van der Waals surface area (Å²) in [5, 5.41) is 11.5. The average Bonchev–Trinajstić information content (AvgIpc) is 2.98. The number of aryl methyl sites for hydroxylation is 3. The van der Waals surface area contributed by atoms with Crippen LogP contribution in [0.1, 0.15) is 42.5 Å². The van der Waals surface area contributed by atoms with Crippen LogP contribution in [-0.4, -0.2) is 19.6 Å². The van der Waals surface area contributed by atoms with Crippen molar-refractivity contribution < 1.29 is 13.2 Å². The fourth-order valence-corrected chi connectivity index (χ4v) is 2.37. The Morgan fingerprint density at radius 1 is 1.32 bits per heavy atom. The van der Waals surface area contributed by atoms with Crippen molar-refractivity contribution in [2.45, 2.75) is 46.1 Å². The van der Waals surface area contributed by atoms with Crippen molar-refractivity contribution in [3.63, 3.8) is 0 Å². The maximum absolute atomic E-state index is 12.7. The average molecular weight is 315 g/mol. The monoisotopic (exact) mass is 315 g/mol. The maximum Gasteiger partial charge on any atom is 0.433 e. The minimum Gasteiger partial charge on any atom is -0.304 e. The molecule has 0 aromatic carbocycles. The minimum absolute atomic E-state index is 0.0170. The van der Waals surface area contributed by atoms with Gasteiger partial charge in [0, 0.05) is 37.9 Å². The molecule has 0 fully saturated rings. The molecule has 2 aromatic heterocycles. The van der Waals surface area contributed by atoms with Crippen LogP contribution in [0.5, 0.6) is 0 Å². The number of rotatable bonds is 5. The van der Waals surface area contributed by atoms with Crippen LogP contribution in [0.4, 0.5) is 13.2 Å². The van der Waals surface area contributed by atoms with Crippen LogP contribution in [0.3, 0.4) is 0 Å². The molecule has 0 saturated carbocycles. The standard InChI is InChI=1S/C14H20F3N5/c1-5-22-8-12(10(3)19-22)9(2)18-7-11-6-13(14(15,16)17)21(4)20-11/h6,8-9,18H,5,7H2,1-4H3. The number of halogens is 3. The molecule has 0 aliphatic rings. The van der Waals surface area contributed by atoms with Gasteiger partial charge in [0.1, 0.15) is 5.69 Å². The molecule has 0 aliphatic heterocycles. The molecule has 0 spiro atoms. The molecule has 2 rings (SSSR count). The highest BCUT2D eigenvalue weighted by atomic mass is 19.4. The molecule has 1 N–H and O–H groups in total. The molecule has 22 heavy (non-hydrogen) atoms. The molecule has 8 heteroatoms. The number of hydrogen-bond donors (Lipinski definition) is 1. The fourth-order valence-electron chi connectivity index (χ4n) is 2.37. The first-order chi connectivity index (χ1) is 10.2. The van der Waals surface area contributed by atoms with Gasteiger partial charge < -0.3 is 5.32 Å². The third kappa shape index (κ3) is 3.49. The first-order valence-electron chi connectivity index (χ1n) is 7.09. The van der Waals surface area contributed by atoms with E-state index in [0.29, 0.717) is 5.69 Å². The third-order valence-electron chi connectivity index (χ3n) is 3.59. The third-order valence-corrected chi connectivity index (χ3v) is 3.59. The number of hydrogen-bond acceptors (Lipinski definition) is 3. The van der Waals surface area contributed by atoms with E-state index in [1.165, 1.54) is 7.05 Å². The van der Waals surface area contributed by atoms with Crippen LogP contribution in [-0.2, 0) is 26.3 Å². The van der Waals surface area contributed by atoms with Gasteiger partial charge in [-0.15, -0.1) is 0 Å². The predicted octanol–water partition coefficient (Wildman–Crippen LogP) is 2.81. The van der Waals surface area contributed by atoms with Gasteiger partial charge in [-0.2, -0.15) is 23.4 Å². The van der Waals surface area contributed by atoms with Gasteiger partial charge in [0.25, 0.3) is 0 Å². The normalized spacial score (nSPS) is 13.6. The Morgan fingerprint density at radius 3 is 2.50 bits per heavy atom. The van der Waals surface area contributed by atoms with Gasteiger partial charge in [0.2, 0.25) is 0 Å². The second-order valence-corrected chi connectivity index (χ2v) is 5.27. The van der Waals surface area contributed by atoms with Crippen LogP contribution >= 0.6 is 0 Å². The lowest BCUT2D eigenvalue weighted by Gasteiger charge is -2.11. The highest BCUT2D eigenvalue weighted by Gasteiger charge is 2.34. The van der Waals surface area contributed by atoms with E-state index in [-0.39, 0.29) is 12.6 Å². The summed E-state index contributed by atoms with van der Waals surface area (Å²) in [4.78, 5) is 0. The van der Waals surface area contributed by atoms with E-state index in [2.05, 4.69) is 15.5 Å². The summed E-state index contributed by atoms with van der Waals surface area (Å²) < 4.78 is 40.9. The Morgan fingerprint density at radius 2 is 2.00 bits per heavy atom. The van der Waals surface area contributed by atoms with Crippen molar-refractivity contribution >= 4 is 0 Å². The van der Waals surface area contributed by atoms with Gasteiger partial charge >= 0.3 is 6.18 Å². The quantitative estimate of drug-likeness (QED) is 0.923. The van der Waals surface area contributed by atoms with Crippen molar-refractivity contribution in [1.82, 2.24) is 24.9 Å². The molecule has 5 nitrogen and oxygen atoms in total. The lowest BCUT2D eigenvalue weighted by molar-refractivity contribution is -0.143. The molecule has 0 aliphatic carbocycles. The van der Waals surface area contributed by atoms with E-state index in [9.17, 15) is 13.2 Å². The van der Waals surface area contributed by atoms with Gasteiger partial charge in [0.15, 0.2) is 0 Å². The SMILES string of the molecule is CCn1cc(C(C)NCc2cc(C(F)(F)F)n(C)n2)c(C)n1. The Bertz CT molecular complexity index is 641. The number of aromatic nitrogens is 4. The first-order valence-corrected chi connectivity index (χ1v) is 7.09. The van der Waals surface area contributed by atoms with Gasteiger partial charge in [-0.25, -0.2) is 0 Å². The molecule has 2 heterocycles. The summed E-state index contributed by atoms with van der Waals surface area (Å²) in [6.45, 7) is 6.92. The minimum atomic E-state index is -4.38. The molecule has 2 aromatic rings. The van der Waals surface area contributed by atoms with Crippen molar-refractivity contribution in [3.8, 4) is 0 Å². The van der Waals surface area contributed by atoms with Crippen LogP contribution in [0.15, 0.2) is 12.3 Å². The number of nitrogens with zero attached hydrogens (tertiary/aromatic N) is 4. The van der Waals surface area contributed by atoms with Crippen molar-refractivity contribution in [2.75, 3.05) is 0 Å². The van der Waals surface area contributed by atoms with Crippen LogP contribution < -0.4 is 5.32 Å². The summed E-state index contributed by atoms with van der Waals surface area (Å²) >= 11 is 0. The lowest BCUT2D eigenvalue weighted by Crippen LogP contribution is -2.18. The van der Waals surface area contributed by atoms with Gasteiger partial charge in [-0.3, -0.25) is 9.36 Å². The summed E-state index contributed by atoms with van der Waals surface area (Å²) in [5.74, 6) is 0. The summed E-state index contributed by atoms with van der Waals surface area (Å²) in [6.07, 6.45) is -2.43. The Balaban J connectivity index is 2.05. The zero-order valence-corrected chi connectivity index (χ0v) is 13.1. The second kappa shape index (κ2) is 6.12. The number of nitrogens with one attached hydrogen (secondary N) is 1. The zero-order chi connectivity index (χ0) is 16.5. The zero-order valence-electron chi connectivity index (χ0n) is 13.1. The molecule has 0 saturated heterocycles. The summed E-state index contributed by atoms with van der Waals surface area (Å²) in [5.41, 5.74) is 1.57. The lowest BCUT2D eigenvalue weighted by atomic mass is 10.1. The van der Waals surface area contributed by atoms with Crippen molar-refractivity contribution in [3.05, 3.63) is 34.9 Å². The molecule has 1 unspecified atom stereocenters. The van der Waals surface area contributed by atoms with Gasteiger partial charge in [-0.1, -0.05) is 0 Å². The largest absolute Gasteiger partial charge is 0.433 e. The summed E-state index contributed by atoms with van der Waals surface area (Å²) in [7, 11) is 1.30. The molecular weight excluding hydrogens is 295 g/mol. The maximum atomic E-state index is 12.7. The van der Waals surface area contributed by atoms with Crippen LogP contribution in [0, 0.1) is 6.92 Å². The van der Waals surface area contributed by atoms with Crippen molar-refractivity contribution in [1.29, 1.82) is 0 Å². The topological polar surface area (TPSA) is 47.7 Å². The van der Waals surface area contributed by atoms with E-state index in [0.717, 1.165) is 28.6 Å². The van der Waals surface area contributed by atoms with Crippen LogP contribution in [0.25, 0.3) is 0 Å². The molecule has 122 valence electrons. The molecule has 0 amide bonds. The predicted molar refractivity (Wildman–Crippen MR) is 76.1 cm³/mol. The highest BCUT2D eigenvalue weighted by Crippen LogP contribution is 2.29.